The van der Waals surface area contributed by atoms with Gasteiger partial charge in [0, 0.05) is 18.8 Å². The van der Waals surface area contributed by atoms with Crippen molar-refractivity contribution in [1.29, 1.82) is 0 Å². The highest BCUT2D eigenvalue weighted by molar-refractivity contribution is 5.20. The molecule has 1 aromatic heterocycles. The first-order valence-corrected chi connectivity index (χ1v) is 7.18. The van der Waals surface area contributed by atoms with E-state index in [-0.39, 0.29) is 0 Å². The lowest BCUT2D eigenvalue weighted by atomic mass is 10.1. The average molecular weight is 273 g/mol. The molecule has 4 heteroatoms. The largest absolute Gasteiger partial charge is 0.494 e. The first kappa shape index (κ1) is 14.6. The number of hydrogen-bond donors (Lipinski definition) is 1. The van der Waals surface area contributed by atoms with E-state index in [0.717, 1.165) is 31.7 Å². The monoisotopic (exact) mass is 273 g/mol. The number of aromatic nitrogens is 2. The van der Waals surface area contributed by atoms with Gasteiger partial charge in [0.2, 0.25) is 0 Å². The number of hydrogen-bond acceptors (Lipinski definition) is 3. The van der Waals surface area contributed by atoms with Crippen molar-refractivity contribution in [3.63, 3.8) is 0 Å². The Balaban J connectivity index is 1.77. The number of nitrogens with one attached hydrogen (secondary N) is 1. The summed E-state index contributed by atoms with van der Waals surface area (Å²) < 4.78 is 7.70. The van der Waals surface area contributed by atoms with Crippen LogP contribution in [-0.4, -0.2) is 29.5 Å². The minimum Gasteiger partial charge on any atom is -0.494 e. The van der Waals surface area contributed by atoms with Crippen LogP contribution in [0.5, 0.6) is 5.75 Å². The van der Waals surface area contributed by atoms with E-state index in [1.807, 2.05) is 48.3 Å². The van der Waals surface area contributed by atoms with Crippen molar-refractivity contribution in [2.24, 2.45) is 0 Å². The van der Waals surface area contributed by atoms with E-state index in [0.29, 0.717) is 6.04 Å². The summed E-state index contributed by atoms with van der Waals surface area (Å²) in [5.74, 6) is 0.932. The molecule has 0 aliphatic heterocycles. The Morgan fingerprint density at radius 3 is 2.75 bits per heavy atom. The molecule has 2 aromatic rings. The van der Waals surface area contributed by atoms with Crippen LogP contribution in [0, 0.1) is 0 Å². The highest BCUT2D eigenvalue weighted by atomic mass is 16.5. The zero-order valence-electron chi connectivity index (χ0n) is 12.2. The molecule has 0 aliphatic carbocycles. The normalized spacial score (nSPS) is 12.3. The highest BCUT2D eigenvalue weighted by Crippen LogP contribution is 2.10. The third-order valence-electron chi connectivity index (χ3n) is 3.38. The number of rotatable bonds is 8. The average Bonchev–Trinajstić information content (AvgIpc) is 2.95. The summed E-state index contributed by atoms with van der Waals surface area (Å²) in [5, 5.41) is 7.65. The van der Waals surface area contributed by atoms with E-state index in [4.69, 9.17) is 4.74 Å². The molecule has 1 heterocycles. The molecule has 0 spiro atoms. The van der Waals surface area contributed by atoms with E-state index in [1.165, 1.54) is 5.56 Å². The fourth-order valence-corrected chi connectivity index (χ4v) is 2.15. The lowest BCUT2D eigenvalue weighted by Crippen LogP contribution is -2.29. The minimum absolute atomic E-state index is 0.410. The van der Waals surface area contributed by atoms with Crippen molar-refractivity contribution in [3.05, 3.63) is 48.3 Å². The molecule has 0 saturated carbocycles. The van der Waals surface area contributed by atoms with Crippen molar-refractivity contribution in [3.8, 4) is 5.75 Å². The molecule has 0 fully saturated rings. The van der Waals surface area contributed by atoms with Crippen LogP contribution < -0.4 is 10.1 Å². The van der Waals surface area contributed by atoms with Gasteiger partial charge in [-0.3, -0.25) is 4.68 Å². The Morgan fingerprint density at radius 2 is 2.10 bits per heavy atom. The molecule has 0 radical (unpaired) electrons. The SMILES string of the molecule is CCn1cc(CC(CCOc2ccccc2)NC)cn1. The summed E-state index contributed by atoms with van der Waals surface area (Å²) in [5.41, 5.74) is 1.27. The van der Waals surface area contributed by atoms with Crippen molar-refractivity contribution in [1.82, 2.24) is 15.1 Å². The number of benzene rings is 1. The van der Waals surface area contributed by atoms with Crippen LogP contribution >= 0.6 is 0 Å². The van der Waals surface area contributed by atoms with Gasteiger partial charge in [-0.15, -0.1) is 0 Å². The van der Waals surface area contributed by atoms with Crippen LogP contribution in [0.4, 0.5) is 0 Å². The predicted octanol–water partition coefficient (Wildman–Crippen LogP) is 2.50. The summed E-state index contributed by atoms with van der Waals surface area (Å²) in [4.78, 5) is 0. The Hall–Kier alpha value is -1.81. The maximum absolute atomic E-state index is 5.74. The molecule has 1 unspecified atom stereocenters. The molecule has 1 N–H and O–H groups in total. The lowest BCUT2D eigenvalue weighted by Gasteiger charge is -2.15. The topological polar surface area (TPSA) is 39.1 Å². The zero-order chi connectivity index (χ0) is 14.2. The maximum Gasteiger partial charge on any atom is 0.119 e. The molecule has 0 saturated heterocycles. The second kappa shape index (κ2) is 7.70. The fourth-order valence-electron chi connectivity index (χ4n) is 2.15. The molecule has 2 rings (SSSR count). The summed E-state index contributed by atoms with van der Waals surface area (Å²) >= 11 is 0. The van der Waals surface area contributed by atoms with Crippen LogP contribution in [0.15, 0.2) is 42.7 Å². The molecule has 20 heavy (non-hydrogen) atoms. The van der Waals surface area contributed by atoms with Crippen LogP contribution in [-0.2, 0) is 13.0 Å². The van der Waals surface area contributed by atoms with Crippen molar-refractivity contribution < 1.29 is 4.74 Å². The third kappa shape index (κ3) is 4.38. The lowest BCUT2D eigenvalue weighted by molar-refractivity contribution is 0.288. The number of para-hydroxylation sites is 1. The van der Waals surface area contributed by atoms with Crippen LogP contribution in [0.1, 0.15) is 18.9 Å². The molecule has 4 nitrogen and oxygen atoms in total. The molecular weight excluding hydrogens is 250 g/mol. The van der Waals surface area contributed by atoms with Gasteiger partial charge in [0.1, 0.15) is 5.75 Å². The van der Waals surface area contributed by atoms with Crippen molar-refractivity contribution >= 4 is 0 Å². The van der Waals surface area contributed by atoms with Gasteiger partial charge in [-0.25, -0.2) is 0 Å². The molecule has 1 atom stereocenters. The number of ether oxygens (including phenoxy) is 1. The van der Waals surface area contributed by atoms with Gasteiger partial charge in [-0.1, -0.05) is 18.2 Å². The standard InChI is InChI=1S/C16H23N3O/c1-3-19-13-14(12-18-19)11-15(17-2)9-10-20-16-7-5-4-6-8-16/h4-8,12-13,15,17H,3,9-11H2,1-2H3. The summed E-state index contributed by atoms with van der Waals surface area (Å²) in [6.45, 7) is 3.73. The molecule has 0 bridgehead atoms. The van der Waals surface area contributed by atoms with E-state index in [2.05, 4.69) is 23.5 Å². The van der Waals surface area contributed by atoms with Crippen molar-refractivity contribution in [2.45, 2.75) is 32.4 Å². The van der Waals surface area contributed by atoms with E-state index in [1.54, 1.807) is 0 Å². The minimum atomic E-state index is 0.410. The van der Waals surface area contributed by atoms with Crippen LogP contribution in [0.25, 0.3) is 0 Å². The molecule has 0 amide bonds. The Labute approximate surface area is 120 Å². The van der Waals surface area contributed by atoms with E-state index >= 15 is 0 Å². The zero-order valence-corrected chi connectivity index (χ0v) is 12.2. The predicted molar refractivity (Wildman–Crippen MR) is 81.0 cm³/mol. The third-order valence-corrected chi connectivity index (χ3v) is 3.38. The van der Waals surface area contributed by atoms with Gasteiger partial charge in [0.25, 0.3) is 0 Å². The first-order valence-electron chi connectivity index (χ1n) is 7.18. The summed E-state index contributed by atoms with van der Waals surface area (Å²) in [6, 6.07) is 10.4. The molecule has 1 aromatic carbocycles. The Bertz CT molecular complexity index is 495. The molecular formula is C16H23N3O. The quantitative estimate of drug-likeness (QED) is 0.803. The van der Waals surface area contributed by atoms with Crippen LogP contribution in [0.2, 0.25) is 0 Å². The Morgan fingerprint density at radius 1 is 1.30 bits per heavy atom. The van der Waals surface area contributed by atoms with Crippen molar-refractivity contribution in [2.75, 3.05) is 13.7 Å². The van der Waals surface area contributed by atoms with E-state index < -0.39 is 0 Å². The molecule has 108 valence electrons. The first-order chi connectivity index (χ1) is 9.81. The number of aryl methyl sites for hydroxylation is 1. The van der Waals surface area contributed by atoms with Gasteiger partial charge >= 0.3 is 0 Å². The smallest absolute Gasteiger partial charge is 0.119 e. The van der Waals surface area contributed by atoms with Crippen LogP contribution in [0.3, 0.4) is 0 Å². The van der Waals surface area contributed by atoms with Gasteiger partial charge in [-0.05, 0) is 44.5 Å². The summed E-state index contributed by atoms with van der Waals surface area (Å²) in [6.07, 6.45) is 6.02. The van der Waals surface area contributed by atoms with E-state index in [9.17, 15) is 0 Å². The fraction of sp³-hybridized carbons (Fsp3) is 0.438. The van der Waals surface area contributed by atoms with Gasteiger partial charge in [0.15, 0.2) is 0 Å². The summed E-state index contributed by atoms with van der Waals surface area (Å²) in [7, 11) is 2.00. The maximum atomic E-state index is 5.74. The van der Waals surface area contributed by atoms with Gasteiger partial charge < -0.3 is 10.1 Å². The highest BCUT2D eigenvalue weighted by Gasteiger charge is 2.09. The number of nitrogens with zero attached hydrogens (tertiary/aromatic N) is 2. The Kier molecular flexibility index (Phi) is 5.62. The number of likely N-dealkylation sites (N-methyl/N-ethyl adjacent to an activating group) is 1. The second-order valence-electron chi connectivity index (χ2n) is 4.84. The van der Waals surface area contributed by atoms with Gasteiger partial charge in [0.05, 0.1) is 12.8 Å². The second-order valence-corrected chi connectivity index (χ2v) is 4.84. The van der Waals surface area contributed by atoms with Gasteiger partial charge in [-0.2, -0.15) is 5.10 Å². The molecule has 0 aliphatic rings.